The van der Waals surface area contributed by atoms with E-state index in [2.05, 4.69) is 5.32 Å². The Morgan fingerprint density at radius 3 is 2.50 bits per heavy atom. The van der Waals surface area contributed by atoms with Gasteiger partial charge >= 0.3 is 0 Å². The zero-order valence-corrected chi connectivity index (χ0v) is 14.1. The number of nitrogens with zero attached hydrogens (tertiary/aromatic N) is 2. The normalized spacial score (nSPS) is 10.7. The fourth-order valence-electron chi connectivity index (χ4n) is 2.74. The maximum absolute atomic E-state index is 12.3. The van der Waals surface area contributed by atoms with Crippen molar-refractivity contribution >= 4 is 28.2 Å². The summed E-state index contributed by atoms with van der Waals surface area (Å²) in [7, 11) is 0. The molecule has 0 spiro atoms. The molecule has 1 amide bonds. The van der Waals surface area contributed by atoms with E-state index in [1.165, 1.54) is 34.9 Å². The summed E-state index contributed by atoms with van der Waals surface area (Å²) in [4.78, 5) is 34.9. The van der Waals surface area contributed by atoms with Crippen LogP contribution in [-0.4, -0.2) is 15.4 Å². The van der Waals surface area contributed by atoms with Gasteiger partial charge in [0, 0.05) is 29.3 Å². The highest BCUT2D eigenvalue weighted by atomic mass is 16.6. The molecule has 0 unspecified atom stereocenters. The Kier molecular flexibility index (Phi) is 4.79. The number of hydrogen-bond donors (Lipinski definition) is 1. The molecule has 3 rings (SSSR count). The minimum Gasteiger partial charge on any atom is -0.325 e. The van der Waals surface area contributed by atoms with Crippen LogP contribution in [0.1, 0.15) is 12.5 Å². The SMILES string of the molecule is CCc1ccc(NC(=O)Cn2c(=O)ccc3cc([N+](=O)[O-])ccc32)cc1. The van der Waals surface area contributed by atoms with Gasteiger partial charge in [-0.25, -0.2) is 0 Å². The third-order valence-electron chi connectivity index (χ3n) is 4.13. The molecule has 0 bridgehead atoms. The van der Waals surface area contributed by atoms with E-state index < -0.39 is 4.92 Å². The molecule has 1 aromatic heterocycles. The first-order chi connectivity index (χ1) is 12.5. The van der Waals surface area contributed by atoms with E-state index in [0.717, 1.165) is 12.0 Å². The van der Waals surface area contributed by atoms with E-state index in [-0.39, 0.29) is 23.7 Å². The number of aromatic nitrogens is 1. The van der Waals surface area contributed by atoms with Gasteiger partial charge in [-0.05, 0) is 36.2 Å². The van der Waals surface area contributed by atoms with Crippen LogP contribution in [0, 0.1) is 10.1 Å². The molecule has 0 aliphatic rings. The summed E-state index contributed by atoms with van der Waals surface area (Å²) in [5.41, 5.74) is 1.87. The van der Waals surface area contributed by atoms with Crippen molar-refractivity contribution in [2.24, 2.45) is 0 Å². The number of fused-ring (bicyclic) bond motifs is 1. The number of nitro groups is 1. The predicted octanol–water partition coefficient (Wildman–Crippen LogP) is 3.11. The first-order valence-corrected chi connectivity index (χ1v) is 8.14. The van der Waals surface area contributed by atoms with Crippen molar-refractivity contribution in [1.82, 2.24) is 4.57 Å². The van der Waals surface area contributed by atoms with Crippen LogP contribution in [0.2, 0.25) is 0 Å². The van der Waals surface area contributed by atoms with Crippen LogP contribution in [0.25, 0.3) is 10.9 Å². The Bertz CT molecular complexity index is 1040. The first-order valence-electron chi connectivity index (χ1n) is 8.14. The third kappa shape index (κ3) is 3.61. The number of benzene rings is 2. The number of rotatable bonds is 5. The number of carbonyl (C=O) groups is 1. The number of non-ortho nitro benzene ring substituents is 1. The molecule has 2 aromatic carbocycles. The summed E-state index contributed by atoms with van der Waals surface area (Å²) in [6, 6.07) is 14.5. The minimum absolute atomic E-state index is 0.0665. The summed E-state index contributed by atoms with van der Waals surface area (Å²) < 4.78 is 1.30. The summed E-state index contributed by atoms with van der Waals surface area (Å²) in [5, 5.41) is 14.2. The first kappa shape index (κ1) is 17.3. The zero-order chi connectivity index (χ0) is 18.7. The van der Waals surface area contributed by atoms with Crippen molar-refractivity contribution in [3.63, 3.8) is 0 Å². The minimum atomic E-state index is -0.498. The zero-order valence-electron chi connectivity index (χ0n) is 14.1. The van der Waals surface area contributed by atoms with Crippen molar-refractivity contribution < 1.29 is 9.72 Å². The highest BCUT2D eigenvalue weighted by Crippen LogP contribution is 2.19. The Morgan fingerprint density at radius 2 is 1.85 bits per heavy atom. The molecular formula is C19H17N3O4. The quantitative estimate of drug-likeness (QED) is 0.564. The van der Waals surface area contributed by atoms with Crippen molar-refractivity contribution in [3.8, 4) is 0 Å². The molecule has 0 aliphatic carbocycles. The van der Waals surface area contributed by atoms with Crippen LogP contribution in [0.3, 0.4) is 0 Å². The second kappa shape index (κ2) is 7.18. The van der Waals surface area contributed by atoms with Gasteiger partial charge in [-0.15, -0.1) is 0 Å². The molecule has 1 heterocycles. The molecule has 1 N–H and O–H groups in total. The van der Waals surface area contributed by atoms with Crippen LogP contribution in [0.15, 0.2) is 59.4 Å². The average Bonchev–Trinajstić information content (AvgIpc) is 2.64. The van der Waals surface area contributed by atoms with Gasteiger partial charge in [0.15, 0.2) is 0 Å². The molecule has 26 heavy (non-hydrogen) atoms. The fourth-order valence-corrected chi connectivity index (χ4v) is 2.74. The molecule has 0 radical (unpaired) electrons. The van der Waals surface area contributed by atoms with Gasteiger partial charge in [-0.3, -0.25) is 24.3 Å². The summed E-state index contributed by atoms with van der Waals surface area (Å²) in [6.07, 6.45) is 0.908. The molecule has 132 valence electrons. The molecule has 3 aromatic rings. The molecule has 0 saturated carbocycles. The van der Waals surface area contributed by atoms with Crippen LogP contribution < -0.4 is 10.9 Å². The number of hydrogen-bond acceptors (Lipinski definition) is 4. The van der Waals surface area contributed by atoms with E-state index in [0.29, 0.717) is 16.6 Å². The number of pyridine rings is 1. The van der Waals surface area contributed by atoms with Crippen molar-refractivity contribution in [1.29, 1.82) is 0 Å². The lowest BCUT2D eigenvalue weighted by Gasteiger charge is -2.11. The molecule has 7 heteroatoms. The largest absolute Gasteiger partial charge is 0.325 e. The number of nitro benzene ring substituents is 1. The van der Waals surface area contributed by atoms with E-state index in [1.807, 2.05) is 31.2 Å². The second-order valence-electron chi connectivity index (χ2n) is 5.86. The van der Waals surface area contributed by atoms with Gasteiger partial charge in [-0.2, -0.15) is 0 Å². The maximum Gasteiger partial charge on any atom is 0.270 e. The Hall–Kier alpha value is -3.48. The topological polar surface area (TPSA) is 94.2 Å². The molecule has 0 atom stereocenters. The van der Waals surface area contributed by atoms with Crippen LogP contribution >= 0.6 is 0 Å². The summed E-state index contributed by atoms with van der Waals surface area (Å²) >= 11 is 0. The monoisotopic (exact) mass is 351 g/mol. The lowest BCUT2D eigenvalue weighted by atomic mass is 10.1. The number of anilines is 1. The van der Waals surface area contributed by atoms with Crippen LogP contribution in [0.4, 0.5) is 11.4 Å². The lowest BCUT2D eigenvalue weighted by molar-refractivity contribution is -0.384. The lowest BCUT2D eigenvalue weighted by Crippen LogP contribution is -2.27. The van der Waals surface area contributed by atoms with Gasteiger partial charge in [-0.1, -0.05) is 19.1 Å². The molecule has 0 fully saturated rings. The Morgan fingerprint density at radius 1 is 1.12 bits per heavy atom. The third-order valence-corrected chi connectivity index (χ3v) is 4.13. The highest BCUT2D eigenvalue weighted by molar-refractivity contribution is 5.92. The molecular weight excluding hydrogens is 334 g/mol. The van der Waals surface area contributed by atoms with E-state index in [4.69, 9.17) is 0 Å². The number of carbonyl (C=O) groups excluding carboxylic acids is 1. The second-order valence-corrected chi connectivity index (χ2v) is 5.86. The van der Waals surface area contributed by atoms with Crippen molar-refractivity contribution in [2.75, 3.05) is 5.32 Å². The number of amides is 1. The van der Waals surface area contributed by atoms with Crippen molar-refractivity contribution in [3.05, 3.63) is 80.6 Å². The van der Waals surface area contributed by atoms with E-state index in [9.17, 15) is 19.7 Å². The van der Waals surface area contributed by atoms with Gasteiger partial charge in [0.05, 0.1) is 10.4 Å². The average molecular weight is 351 g/mol. The van der Waals surface area contributed by atoms with Gasteiger partial charge in [0.1, 0.15) is 6.54 Å². The molecule has 0 aliphatic heterocycles. The van der Waals surface area contributed by atoms with Gasteiger partial charge in [0.2, 0.25) is 5.91 Å². The van der Waals surface area contributed by atoms with Crippen molar-refractivity contribution in [2.45, 2.75) is 19.9 Å². The van der Waals surface area contributed by atoms with Gasteiger partial charge in [0.25, 0.3) is 11.2 Å². The smallest absolute Gasteiger partial charge is 0.270 e. The molecule has 7 nitrogen and oxygen atoms in total. The maximum atomic E-state index is 12.3. The summed E-state index contributed by atoms with van der Waals surface area (Å²) in [6.45, 7) is 1.87. The summed E-state index contributed by atoms with van der Waals surface area (Å²) in [5.74, 6) is -0.345. The van der Waals surface area contributed by atoms with E-state index >= 15 is 0 Å². The standard InChI is InChI=1S/C19H17N3O4/c1-2-13-3-6-15(7-4-13)20-18(23)12-21-17-9-8-16(22(25)26)11-14(17)5-10-19(21)24/h3-11H,2,12H2,1H3,(H,20,23). The van der Waals surface area contributed by atoms with E-state index in [1.54, 1.807) is 0 Å². The molecule has 0 saturated heterocycles. The highest BCUT2D eigenvalue weighted by Gasteiger charge is 2.12. The Balaban J connectivity index is 1.87. The van der Waals surface area contributed by atoms with Crippen LogP contribution in [0.5, 0.6) is 0 Å². The predicted molar refractivity (Wildman–Crippen MR) is 99.3 cm³/mol. The number of nitrogens with one attached hydrogen (secondary N) is 1. The number of aryl methyl sites for hydroxylation is 1. The fraction of sp³-hybridized carbons (Fsp3) is 0.158. The Labute approximate surface area is 149 Å². The van der Waals surface area contributed by atoms with Crippen LogP contribution in [-0.2, 0) is 17.8 Å². The van der Waals surface area contributed by atoms with Gasteiger partial charge < -0.3 is 5.32 Å².